The maximum absolute atomic E-state index is 12.6. The van der Waals surface area contributed by atoms with Crippen molar-refractivity contribution in [2.24, 2.45) is 11.7 Å². The Labute approximate surface area is 151 Å². The molecule has 25 heavy (non-hydrogen) atoms. The molecule has 0 aromatic heterocycles. The van der Waals surface area contributed by atoms with E-state index in [2.05, 4.69) is 23.9 Å². The second kappa shape index (κ2) is 8.27. The zero-order chi connectivity index (χ0) is 18.6. The second-order valence-corrected chi connectivity index (χ2v) is 8.74. The van der Waals surface area contributed by atoms with Gasteiger partial charge in [-0.25, -0.2) is 13.1 Å². The summed E-state index contributed by atoms with van der Waals surface area (Å²) < 4.78 is 28.0. The van der Waals surface area contributed by atoms with Gasteiger partial charge in [-0.05, 0) is 42.7 Å². The molecule has 0 heterocycles. The van der Waals surface area contributed by atoms with Crippen LogP contribution in [0.2, 0.25) is 0 Å². The average Bonchev–Trinajstić information content (AvgIpc) is 2.54. The maximum Gasteiger partial charge on any atom is 0.240 e. The summed E-state index contributed by atoms with van der Waals surface area (Å²) in [6.45, 7) is 9.12. The summed E-state index contributed by atoms with van der Waals surface area (Å²) in [5.74, 6) is 0.401. The Morgan fingerprint density at radius 1 is 1.04 bits per heavy atom. The molecule has 6 heteroatoms. The van der Waals surface area contributed by atoms with E-state index in [0.717, 1.165) is 16.3 Å². The zero-order valence-corrected chi connectivity index (χ0v) is 16.2. The van der Waals surface area contributed by atoms with Crippen LogP contribution in [0.5, 0.6) is 0 Å². The predicted molar refractivity (Wildman–Crippen MR) is 104 cm³/mol. The van der Waals surface area contributed by atoms with Gasteiger partial charge >= 0.3 is 0 Å². The lowest BCUT2D eigenvalue weighted by Crippen LogP contribution is -2.47. The summed E-state index contributed by atoms with van der Waals surface area (Å²) in [6.07, 6.45) is 0. The highest BCUT2D eigenvalue weighted by molar-refractivity contribution is 7.89. The molecule has 0 amide bonds. The van der Waals surface area contributed by atoms with Crippen LogP contribution in [0.4, 0.5) is 0 Å². The lowest BCUT2D eigenvalue weighted by atomic mass is 10.0. The summed E-state index contributed by atoms with van der Waals surface area (Å²) in [4.78, 5) is 0.287. The van der Waals surface area contributed by atoms with Gasteiger partial charge in [0.2, 0.25) is 10.0 Å². The largest absolute Gasteiger partial charge is 0.329 e. The number of hydrogen-bond donors (Lipinski definition) is 3. The molecule has 4 N–H and O–H groups in total. The van der Waals surface area contributed by atoms with Gasteiger partial charge < -0.3 is 11.1 Å². The summed E-state index contributed by atoms with van der Waals surface area (Å²) in [6, 6.07) is 11.1. The van der Waals surface area contributed by atoms with Crippen molar-refractivity contribution in [3.05, 3.63) is 42.0 Å². The van der Waals surface area contributed by atoms with Crippen molar-refractivity contribution in [2.75, 3.05) is 13.1 Å². The third kappa shape index (κ3) is 5.25. The van der Waals surface area contributed by atoms with Crippen LogP contribution in [0.15, 0.2) is 41.3 Å². The van der Waals surface area contributed by atoms with Crippen LogP contribution in [0.1, 0.15) is 26.3 Å². The minimum atomic E-state index is -3.56. The molecule has 0 fully saturated rings. The fraction of sp³-hybridized carbons (Fsp3) is 0.474. The smallest absolute Gasteiger partial charge is 0.240 e. The number of nitrogens with one attached hydrogen (secondary N) is 2. The number of aryl methyl sites for hydroxylation is 1. The minimum Gasteiger partial charge on any atom is -0.329 e. The van der Waals surface area contributed by atoms with Gasteiger partial charge in [-0.3, -0.25) is 0 Å². The van der Waals surface area contributed by atoms with Crippen LogP contribution >= 0.6 is 0 Å². The molecule has 0 aliphatic rings. The average molecular weight is 364 g/mol. The van der Waals surface area contributed by atoms with Crippen molar-refractivity contribution in [3.8, 4) is 0 Å². The van der Waals surface area contributed by atoms with Crippen molar-refractivity contribution in [1.29, 1.82) is 0 Å². The van der Waals surface area contributed by atoms with E-state index in [-0.39, 0.29) is 17.0 Å². The van der Waals surface area contributed by atoms with Crippen LogP contribution in [-0.4, -0.2) is 33.6 Å². The first-order valence-corrected chi connectivity index (χ1v) is 10.2. The molecule has 2 rings (SSSR count). The number of hydrogen-bond acceptors (Lipinski definition) is 4. The number of nitrogens with two attached hydrogens (primary N) is 1. The number of fused-ring (bicyclic) bond motifs is 1. The molecule has 0 radical (unpaired) electrons. The molecular formula is C19H29N3O2S. The summed E-state index contributed by atoms with van der Waals surface area (Å²) in [5, 5.41) is 5.28. The van der Waals surface area contributed by atoms with Crippen LogP contribution in [0.25, 0.3) is 10.8 Å². The highest BCUT2D eigenvalue weighted by atomic mass is 32.2. The number of benzene rings is 2. The van der Waals surface area contributed by atoms with Gasteiger partial charge in [-0.1, -0.05) is 43.7 Å². The van der Waals surface area contributed by atoms with E-state index in [4.69, 9.17) is 5.73 Å². The van der Waals surface area contributed by atoms with Crippen LogP contribution < -0.4 is 15.8 Å². The highest BCUT2D eigenvalue weighted by Crippen LogP contribution is 2.20. The third-order valence-corrected chi connectivity index (χ3v) is 5.97. The standard InChI is InChI=1S/C19H29N3O2S/c1-13(2)19(11-20)21-12-15(4)22-25(23,24)18-8-7-16-9-14(3)5-6-17(16)10-18/h5-10,13,15,19,21-22H,11-12,20H2,1-4H3/t15-,19+/m1/s1. The molecule has 0 spiro atoms. The SMILES string of the molecule is Cc1ccc2cc(S(=O)(=O)N[C@H](C)CN[C@@H](CN)C(C)C)ccc2c1. The van der Waals surface area contributed by atoms with Gasteiger partial charge in [0.1, 0.15) is 0 Å². The second-order valence-electron chi connectivity index (χ2n) is 7.03. The molecule has 0 aliphatic carbocycles. The van der Waals surface area contributed by atoms with Gasteiger partial charge in [0, 0.05) is 25.2 Å². The fourth-order valence-corrected chi connectivity index (χ4v) is 4.08. The number of rotatable bonds is 8. The lowest BCUT2D eigenvalue weighted by molar-refractivity contribution is 0.391. The Hall–Kier alpha value is -1.47. The first kappa shape index (κ1) is 19.8. The number of sulfonamides is 1. The van der Waals surface area contributed by atoms with Crippen LogP contribution in [0.3, 0.4) is 0 Å². The molecule has 0 bridgehead atoms. The molecule has 0 saturated carbocycles. The Balaban J connectivity index is 2.09. The molecule has 0 aliphatic heterocycles. The first-order valence-electron chi connectivity index (χ1n) is 8.69. The van der Waals surface area contributed by atoms with Crippen LogP contribution in [0, 0.1) is 12.8 Å². The molecule has 5 nitrogen and oxygen atoms in total. The molecular weight excluding hydrogens is 334 g/mol. The van der Waals surface area contributed by atoms with E-state index in [1.807, 2.05) is 38.1 Å². The van der Waals surface area contributed by atoms with Crippen molar-refractivity contribution in [3.63, 3.8) is 0 Å². The van der Waals surface area contributed by atoms with E-state index >= 15 is 0 Å². The lowest BCUT2D eigenvalue weighted by Gasteiger charge is -2.23. The monoisotopic (exact) mass is 363 g/mol. The normalized spacial score (nSPS) is 14.8. The van der Waals surface area contributed by atoms with Gasteiger partial charge in [-0.2, -0.15) is 0 Å². The molecule has 2 atom stereocenters. The third-order valence-electron chi connectivity index (χ3n) is 4.38. The van der Waals surface area contributed by atoms with Crippen LogP contribution in [-0.2, 0) is 10.0 Å². The molecule has 138 valence electrons. The quantitative estimate of drug-likeness (QED) is 0.672. The van der Waals surface area contributed by atoms with E-state index < -0.39 is 10.0 Å². The highest BCUT2D eigenvalue weighted by Gasteiger charge is 2.19. The fourth-order valence-electron chi connectivity index (χ4n) is 2.80. The topological polar surface area (TPSA) is 84.2 Å². The Morgan fingerprint density at radius 3 is 2.32 bits per heavy atom. The van der Waals surface area contributed by atoms with Crippen molar-refractivity contribution in [1.82, 2.24) is 10.0 Å². The molecule has 2 aromatic carbocycles. The zero-order valence-electron chi connectivity index (χ0n) is 15.4. The summed E-state index contributed by atoms with van der Waals surface area (Å²) >= 11 is 0. The van der Waals surface area contributed by atoms with Crippen molar-refractivity contribution >= 4 is 20.8 Å². The van der Waals surface area contributed by atoms with E-state index in [0.29, 0.717) is 19.0 Å². The van der Waals surface area contributed by atoms with Gasteiger partial charge in [0.25, 0.3) is 0 Å². The van der Waals surface area contributed by atoms with Gasteiger partial charge in [0.15, 0.2) is 0 Å². The van der Waals surface area contributed by atoms with Crippen molar-refractivity contribution in [2.45, 2.75) is 44.7 Å². The minimum absolute atomic E-state index is 0.177. The maximum atomic E-state index is 12.6. The van der Waals surface area contributed by atoms with Gasteiger partial charge in [0.05, 0.1) is 4.90 Å². The Morgan fingerprint density at radius 2 is 1.68 bits per heavy atom. The Bertz CT molecular complexity index is 819. The molecule has 0 saturated heterocycles. The molecule has 2 aromatic rings. The Kier molecular flexibility index (Phi) is 6.57. The van der Waals surface area contributed by atoms with E-state index in [1.165, 1.54) is 0 Å². The summed E-state index contributed by atoms with van der Waals surface area (Å²) in [5.41, 5.74) is 6.89. The first-order chi connectivity index (χ1) is 11.7. The van der Waals surface area contributed by atoms with Gasteiger partial charge in [-0.15, -0.1) is 0 Å². The van der Waals surface area contributed by atoms with E-state index in [9.17, 15) is 8.42 Å². The predicted octanol–water partition coefficient (Wildman–Crippen LogP) is 2.39. The summed E-state index contributed by atoms with van der Waals surface area (Å²) in [7, 11) is -3.56. The molecule has 0 unspecified atom stereocenters. The van der Waals surface area contributed by atoms with E-state index in [1.54, 1.807) is 12.1 Å². The van der Waals surface area contributed by atoms with Crippen molar-refractivity contribution < 1.29 is 8.42 Å².